The van der Waals surface area contributed by atoms with Gasteiger partial charge in [-0.25, -0.2) is 9.97 Å². The van der Waals surface area contributed by atoms with Crippen molar-refractivity contribution < 1.29 is 0 Å². The van der Waals surface area contributed by atoms with Crippen molar-refractivity contribution in [2.24, 2.45) is 0 Å². The van der Waals surface area contributed by atoms with Crippen LogP contribution in [0, 0.1) is 0 Å². The van der Waals surface area contributed by atoms with Crippen LogP contribution in [0.15, 0.2) is 24.3 Å². The number of aromatic amines is 2. The van der Waals surface area contributed by atoms with E-state index in [2.05, 4.69) is 69.8 Å². The molecule has 7 aromatic rings. The van der Waals surface area contributed by atoms with Crippen molar-refractivity contribution in [3.63, 3.8) is 0 Å². The quantitative estimate of drug-likeness (QED) is 0.118. The van der Waals surface area contributed by atoms with Gasteiger partial charge in [0.25, 0.3) is 0 Å². The lowest BCUT2D eigenvalue weighted by Crippen LogP contribution is -2.05. The minimum Gasteiger partial charge on any atom is -0.368 e. The maximum Gasteiger partial charge on any atom is 0.225 e. The van der Waals surface area contributed by atoms with Crippen LogP contribution in [0.3, 0.4) is 0 Å². The van der Waals surface area contributed by atoms with Gasteiger partial charge in [-0.05, 0) is 48.6 Å². The number of nitrogens with two attached hydrogens (primary N) is 8. The first-order valence-corrected chi connectivity index (χ1v) is 16.2. The van der Waals surface area contributed by atoms with Gasteiger partial charge in [0, 0.05) is 0 Å². The molecule has 0 saturated heterocycles. The summed E-state index contributed by atoms with van der Waals surface area (Å²) in [5.41, 5.74) is 53.5. The molecule has 0 saturated carbocycles. The van der Waals surface area contributed by atoms with Gasteiger partial charge in [-0.1, -0.05) is 0 Å². The van der Waals surface area contributed by atoms with E-state index in [0.29, 0.717) is 67.1 Å². The summed E-state index contributed by atoms with van der Waals surface area (Å²) in [5.74, 6) is -0.434. The average molecular weight is 747 g/mol. The predicted molar refractivity (Wildman–Crippen MR) is 209 cm³/mol. The first-order valence-electron chi connectivity index (χ1n) is 16.2. The number of nitrogen functional groups attached to an aromatic ring is 8. The van der Waals surface area contributed by atoms with E-state index in [1.54, 1.807) is 48.6 Å². The monoisotopic (exact) mass is 746 g/mol. The van der Waals surface area contributed by atoms with Crippen molar-refractivity contribution in [1.82, 2.24) is 79.7 Å². The third kappa shape index (κ3) is 5.77. The van der Waals surface area contributed by atoms with E-state index in [9.17, 15) is 0 Å². The lowest BCUT2D eigenvalue weighted by molar-refractivity contribution is 1.08. The number of rotatable bonds is 4. The zero-order valence-electron chi connectivity index (χ0n) is 28.5. The van der Waals surface area contributed by atoms with Crippen LogP contribution in [0.2, 0.25) is 0 Å². The molecule has 24 nitrogen and oxygen atoms in total. The molecule has 0 atom stereocenters. The Labute approximate surface area is 311 Å². The minimum absolute atomic E-state index is 0.112. The topological polar surface area (TPSA) is 420 Å². The van der Waals surface area contributed by atoms with Crippen LogP contribution < -0.4 is 45.9 Å². The maximum atomic E-state index is 6.06. The smallest absolute Gasteiger partial charge is 0.225 e. The summed E-state index contributed by atoms with van der Waals surface area (Å²) >= 11 is 0. The summed E-state index contributed by atoms with van der Waals surface area (Å²) < 4.78 is 0. The molecule has 0 unspecified atom stereocenters. The molecule has 8 bridgehead atoms. The molecule has 2 aliphatic rings. The highest BCUT2D eigenvalue weighted by molar-refractivity contribution is 5.98. The van der Waals surface area contributed by atoms with E-state index in [4.69, 9.17) is 55.8 Å². The molecule has 0 aliphatic carbocycles. The Bertz CT molecular complexity index is 2560. The molecule has 0 aromatic carbocycles. The van der Waals surface area contributed by atoms with Gasteiger partial charge >= 0.3 is 0 Å². The third-order valence-corrected chi connectivity index (χ3v) is 8.33. The molecule has 24 heteroatoms. The zero-order valence-corrected chi connectivity index (χ0v) is 28.5. The molecule has 7 aromatic heterocycles. The van der Waals surface area contributed by atoms with Crippen molar-refractivity contribution >= 4 is 94.0 Å². The number of H-pyrrole nitrogens is 2. The molecule has 56 heavy (non-hydrogen) atoms. The number of nitrogens with zero attached hydrogens (tertiary/aromatic N) is 14. The molecule has 0 amide bonds. The van der Waals surface area contributed by atoms with E-state index in [1.807, 2.05) is 0 Å². The summed E-state index contributed by atoms with van der Waals surface area (Å²) in [5, 5.41) is 0. The van der Waals surface area contributed by atoms with Gasteiger partial charge in [0.1, 0.15) is 0 Å². The maximum absolute atomic E-state index is 6.06. The Morgan fingerprint density at radius 1 is 0.268 bits per heavy atom. The molecule has 0 spiro atoms. The molecule has 0 fully saturated rings. The predicted octanol–water partition coefficient (Wildman–Crippen LogP) is 0.721. The Morgan fingerprint density at radius 3 is 0.661 bits per heavy atom. The summed E-state index contributed by atoms with van der Waals surface area (Å²) in [4.78, 5) is 67.9. The number of fused-ring (bicyclic) bond motifs is 8. The van der Waals surface area contributed by atoms with E-state index in [0.717, 1.165) is 0 Å². The Kier molecular flexibility index (Phi) is 7.25. The van der Waals surface area contributed by atoms with Crippen LogP contribution in [-0.2, 0) is 0 Å². The Hall–Kier alpha value is -8.96. The first-order chi connectivity index (χ1) is 26.9. The first kappa shape index (κ1) is 32.9. The normalized spacial score (nSPS) is 12.0. The fraction of sp³-hybridized carbons (Fsp3) is 0. The van der Waals surface area contributed by atoms with Gasteiger partial charge in [-0.15, -0.1) is 0 Å². The van der Waals surface area contributed by atoms with Gasteiger partial charge in [0.2, 0.25) is 47.6 Å². The van der Waals surface area contributed by atoms with E-state index in [1.165, 1.54) is 0 Å². The van der Waals surface area contributed by atoms with E-state index in [-0.39, 0.29) is 70.9 Å². The number of nitrogens with one attached hydrogen (secondary N) is 2. The highest BCUT2D eigenvalue weighted by Crippen LogP contribution is 2.36. The van der Waals surface area contributed by atoms with E-state index >= 15 is 0 Å². The molecule has 9 heterocycles. The molecule has 2 aliphatic heterocycles. The van der Waals surface area contributed by atoms with Crippen LogP contribution in [-0.4, -0.2) is 79.7 Å². The number of hydrogen-bond donors (Lipinski definition) is 10. The zero-order chi connectivity index (χ0) is 38.8. The summed E-state index contributed by atoms with van der Waals surface area (Å²) in [7, 11) is 0. The molecular weight excluding hydrogens is 721 g/mol. The van der Waals surface area contributed by atoms with Crippen molar-refractivity contribution in [3.8, 4) is 45.6 Å². The largest absolute Gasteiger partial charge is 0.368 e. The second kappa shape index (κ2) is 12.3. The van der Waals surface area contributed by atoms with Crippen LogP contribution >= 0.6 is 0 Å². The van der Waals surface area contributed by atoms with Crippen LogP contribution in [0.1, 0.15) is 22.8 Å². The Balaban J connectivity index is 1.50. The van der Waals surface area contributed by atoms with Gasteiger partial charge in [-0.2, -0.15) is 59.8 Å². The van der Waals surface area contributed by atoms with Gasteiger partial charge in [0.15, 0.2) is 23.3 Å². The van der Waals surface area contributed by atoms with Crippen molar-refractivity contribution in [1.29, 1.82) is 0 Å². The van der Waals surface area contributed by atoms with Crippen LogP contribution in [0.5, 0.6) is 0 Å². The second-order valence-electron chi connectivity index (χ2n) is 12.0. The second-order valence-corrected chi connectivity index (χ2v) is 12.0. The van der Waals surface area contributed by atoms with Gasteiger partial charge in [0.05, 0.1) is 67.1 Å². The lowest BCUT2D eigenvalue weighted by Gasteiger charge is -2.06. The highest BCUT2D eigenvalue weighted by Gasteiger charge is 2.23. The lowest BCUT2D eigenvalue weighted by atomic mass is 10.1. The fourth-order valence-corrected chi connectivity index (χ4v) is 6.23. The van der Waals surface area contributed by atoms with Crippen molar-refractivity contribution in [2.75, 3.05) is 45.9 Å². The standard InChI is InChI=1S/C32H26N24/c33-25-45-21(46-26(34)53-25)17-9-1-2-10(41-9)18(22-47-27(35)54-28(36)48-22)12-5-6-14(43-12)20(24-51-31(39)56-32(40)52-24)16-8-7-15(44-16)19(13-4-3-11(17)42-13)23-49-29(37)55-30(38)50-23/h1-8,41,44H,(H4,33,34,45,46,53)(H4,35,36,47,48,54)(H4,37,38,49,50,55)(H4,39,40,51,52,56). The molecule has 18 N–H and O–H groups in total. The van der Waals surface area contributed by atoms with Crippen molar-refractivity contribution in [3.05, 3.63) is 47.0 Å². The molecule has 274 valence electrons. The third-order valence-electron chi connectivity index (χ3n) is 8.33. The highest BCUT2D eigenvalue weighted by atomic mass is 15.2. The summed E-state index contributed by atoms with van der Waals surface area (Å²) in [6, 6.07) is 7.09. The van der Waals surface area contributed by atoms with Crippen molar-refractivity contribution in [2.45, 2.75) is 0 Å². The number of aromatic nitrogens is 16. The van der Waals surface area contributed by atoms with Crippen LogP contribution in [0.25, 0.3) is 91.9 Å². The SMILES string of the molecule is Nc1nc(N)nc(-c2c3nc(c(-c4nc(N)nc(N)n4)c4ccc([nH]4)c(-c4nc(N)nc(N)n4)c4nc(c(-c5nc(N)nc(N)n5)c5ccc2[nH]5)C=C4)C=C3)n1. The van der Waals surface area contributed by atoms with E-state index < -0.39 is 0 Å². The molecule has 9 rings (SSSR count). The number of hydrogen-bond acceptors (Lipinski definition) is 22. The van der Waals surface area contributed by atoms with Crippen LogP contribution in [0.4, 0.5) is 47.6 Å². The molecular formula is C32H26N24. The summed E-state index contributed by atoms with van der Waals surface area (Å²) in [6.07, 6.45) is 6.98. The van der Waals surface area contributed by atoms with Gasteiger partial charge < -0.3 is 55.8 Å². The number of anilines is 8. The minimum atomic E-state index is -0.112. The Morgan fingerprint density at radius 2 is 0.464 bits per heavy atom. The fourth-order valence-electron chi connectivity index (χ4n) is 6.23. The summed E-state index contributed by atoms with van der Waals surface area (Å²) in [6.45, 7) is 0. The van der Waals surface area contributed by atoms with Gasteiger partial charge in [-0.3, -0.25) is 0 Å². The average Bonchev–Trinajstić information content (AvgIpc) is 3.94. The molecule has 0 radical (unpaired) electrons.